The van der Waals surface area contributed by atoms with Gasteiger partial charge >= 0.3 is 0 Å². The summed E-state index contributed by atoms with van der Waals surface area (Å²) in [5.41, 5.74) is -1.06. The maximum absolute atomic E-state index is 15.3. The summed E-state index contributed by atoms with van der Waals surface area (Å²) in [6.07, 6.45) is -0.173. The first kappa shape index (κ1) is 16.3. The van der Waals surface area contributed by atoms with Crippen LogP contribution in [0.2, 0.25) is 0 Å². The zero-order valence-electron chi connectivity index (χ0n) is 24.1. The van der Waals surface area contributed by atoms with E-state index < -0.39 is 54.7 Å². The minimum Gasteiger partial charge on any atom is -0.488 e. The van der Waals surface area contributed by atoms with Gasteiger partial charge in [-0.05, 0) is 30.2 Å². The van der Waals surface area contributed by atoms with Crippen LogP contribution in [0.4, 0.5) is 4.39 Å². The molecule has 0 radical (unpaired) electrons. The van der Waals surface area contributed by atoms with E-state index in [2.05, 4.69) is 5.32 Å². The Labute approximate surface area is 205 Å². The molecular formula is C25H26FN3O5. The summed E-state index contributed by atoms with van der Waals surface area (Å²) in [6.45, 7) is -6.24. The van der Waals surface area contributed by atoms with E-state index in [-0.39, 0.29) is 35.3 Å². The predicted octanol–water partition coefficient (Wildman–Crippen LogP) is 2.00. The van der Waals surface area contributed by atoms with Gasteiger partial charge in [-0.25, -0.2) is 4.39 Å². The van der Waals surface area contributed by atoms with Crippen LogP contribution in [0, 0.1) is 5.82 Å². The van der Waals surface area contributed by atoms with Gasteiger partial charge in [0.2, 0.25) is 11.8 Å². The normalized spacial score (nSPS) is 25.9. The SMILES string of the molecule is [2H]C([2H])(Oc1cccc2c1C([2H])([2H])N(C1CCC(=O)NC1=O)C2=O)c1ccc(C([2H])([2H])N2CCOCC2)cc1F. The van der Waals surface area contributed by atoms with Gasteiger partial charge in [0.1, 0.15) is 24.2 Å². The number of carbonyl (C=O) groups is 3. The van der Waals surface area contributed by atoms with Gasteiger partial charge in [-0.15, -0.1) is 0 Å². The quantitative estimate of drug-likeness (QED) is 0.646. The number of amides is 3. The highest BCUT2D eigenvalue weighted by atomic mass is 19.1. The van der Waals surface area contributed by atoms with Crippen LogP contribution < -0.4 is 10.1 Å². The molecule has 2 aromatic rings. The summed E-state index contributed by atoms with van der Waals surface area (Å²) >= 11 is 0. The molecule has 178 valence electrons. The summed E-state index contributed by atoms with van der Waals surface area (Å²) < 4.78 is 77.3. The van der Waals surface area contributed by atoms with E-state index in [1.807, 2.05) is 0 Å². The zero-order chi connectivity index (χ0) is 29.0. The standard InChI is InChI=1S/C25H26FN3O5/c26-20-12-16(13-28-8-10-33-11-9-28)4-5-17(20)15-34-22-3-1-2-18-19(22)14-29(25(18)32)21-6-7-23(30)27-24(21)31/h1-5,12,21H,6-11,13-15H2,(H,27,30,31)/i13D2,14D2,15D2. The van der Waals surface area contributed by atoms with Crippen molar-refractivity contribution in [3.8, 4) is 5.75 Å². The molecule has 34 heavy (non-hydrogen) atoms. The first-order chi connectivity index (χ1) is 18.7. The Morgan fingerprint density at radius 2 is 2.03 bits per heavy atom. The van der Waals surface area contributed by atoms with E-state index in [1.165, 1.54) is 29.2 Å². The molecule has 0 bridgehead atoms. The molecule has 9 heteroatoms. The Hall–Kier alpha value is -3.30. The number of hydrogen-bond donors (Lipinski definition) is 1. The zero-order valence-corrected chi connectivity index (χ0v) is 18.1. The molecule has 5 rings (SSSR count). The monoisotopic (exact) mass is 473 g/mol. The van der Waals surface area contributed by atoms with Gasteiger partial charge in [-0.3, -0.25) is 24.6 Å². The second-order valence-electron chi connectivity index (χ2n) is 8.04. The van der Waals surface area contributed by atoms with Crippen molar-refractivity contribution in [3.63, 3.8) is 0 Å². The van der Waals surface area contributed by atoms with E-state index in [1.54, 1.807) is 0 Å². The fourth-order valence-corrected chi connectivity index (χ4v) is 3.99. The molecule has 0 saturated carbocycles. The highest BCUT2D eigenvalue weighted by Crippen LogP contribution is 2.34. The predicted molar refractivity (Wildman–Crippen MR) is 119 cm³/mol. The molecule has 0 spiro atoms. The third kappa shape index (κ3) is 4.53. The smallest absolute Gasteiger partial charge is 0.255 e. The Bertz CT molecular complexity index is 1380. The van der Waals surface area contributed by atoms with Crippen molar-refractivity contribution in [2.45, 2.75) is 38.4 Å². The number of ether oxygens (including phenoxy) is 2. The van der Waals surface area contributed by atoms with Crippen LogP contribution in [0.15, 0.2) is 36.4 Å². The summed E-state index contributed by atoms with van der Waals surface area (Å²) in [6, 6.07) is 5.85. The Kier molecular flexibility index (Phi) is 4.58. The van der Waals surface area contributed by atoms with Crippen molar-refractivity contribution >= 4 is 17.7 Å². The molecule has 0 aromatic heterocycles. The second kappa shape index (κ2) is 9.52. The van der Waals surface area contributed by atoms with Crippen molar-refractivity contribution < 1.29 is 36.5 Å². The number of benzene rings is 2. The first-order valence-corrected chi connectivity index (χ1v) is 10.9. The van der Waals surface area contributed by atoms with Gasteiger partial charge < -0.3 is 14.4 Å². The number of carbonyl (C=O) groups excluding carboxylic acids is 3. The molecule has 3 aliphatic rings. The molecule has 1 atom stereocenters. The maximum Gasteiger partial charge on any atom is 0.255 e. The summed E-state index contributed by atoms with van der Waals surface area (Å²) in [7, 11) is 0. The van der Waals surface area contributed by atoms with Crippen LogP contribution in [0.5, 0.6) is 5.75 Å². The molecule has 2 fully saturated rings. The third-order valence-corrected chi connectivity index (χ3v) is 5.77. The summed E-state index contributed by atoms with van der Waals surface area (Å²) in [5, 5.41) is 2.10. The van der Waals surface area contributed by atoms with Gasteiger partial charge in [-0.1, -0.05) is 18.2 Å². The highest BCUT2D eigenvalue weighted by Gasteiger charge is 2.40. The molecule has 3 amide bonds. The van der Waals surface area contributed by atoms with Crippen LogP contribution in [-0.4, -0.2) is 59.9 Å². The van der Waals surface area contributed by atoms with E-state index in [0.29, 0.717) is 31.2 Å². The number of imide groups is 1. The largest absolute Gasteiger partial charge is 0.488 e. The molecule has 2 saturated heterocycles. The number of rotatable bonds is 6. The van der Waals surface area contributed by atoms with Crippen molar-refractivity contribution in [3.05, 3.63) is 64.5 Å². The van der Waals surface area contributed by atoms with Crippen molar-refractivity contribution in [1.82, 2.24) is 15.1 Å². The topological polar surface area (TPSA) is 88.2 Å². The lowest BCUT2D eigenvalue weighted by Gasteiger charge is -2.29. The lowest BCUT2D eigenvalue weighted by atomic mass is 10.0. The fourth-order valence-electron chi connectivity index (χ4n) is 3.99. The van der Waals surface area contributed by atoms with E-state index >= 15 is 4.39 Å². The number of morpholine rings is 1. The van der Waals surface area contributed by atoms with E-state index in [9.17, 15) is 14.4 Å². The third-order valence-electron chi connectivity index (χ3n) is 5.77. The van der Waals surface area contributed by atoms with Gasteiger partial charge in [0.25, 0.3) is 5.91 Å². The second-order valence-corrected chi connectivity index (χ2v) is 8.04. The number of nitrogens with zero attached hydrogens (tertiary/aromatic N) is 2. The molecule has 0 aliphatic carbocycles. The molecule has 1 N–H and O–H groups in total. The van der Waals surface area contributed by atoms with E-state index in [0.717, 1.165) is 12.1 Å². The molecule has 2 aromatic carbocycles. The molecule has 3 heterocycles. The molecule has 8 nitrogen and oxygen atoms in total. The summed E-state index contributed by atoms with van der Waals surface area (Å²) in [5.74, 6) is -3.63. The average molecular weight is 474 g/mol. The van der Waals surface area contributed by atoms with Crippen molar-refractivity contribution in [2.24, 2.45) is 0 Å². The minimum atomic E-state index is -2.86. The fraction of sp³-hybridized carbons (Fsp3) is 0.400. The Morgan fingerprint density at radius 3 is 2.79 bits per heavy atom. The number of hydrogen-bond acceptors (Lipinski definition) is 6. The van der Waals surface area contributed by atoms with Crippen molar-refractivity contribution in [2.75, 3.05) is 26.3 Å². The number of halogens is 1. The van der Waals surface area contributed by atoms with Gasteiger partial charge in [0.05, 0.1) is 25.2 Å². The van der Waals surface area contributed by atoms with Crippen LogP contribution in [0.25, 0.3) is 0 Å². The van der Waals surface area contributed by atoms with Gasteiger partial charge in [0, 0.05) is 45.4 Å². The lowest BCUT2D eigenvalue weighted by molar-refractivity contribution is -0.136. The number of fused-ring (bicyclic) bond motifs is 1. The molecule has 1 unspecified atom stereocenters. The van der Waals surface area contributed by atoms with Gasteiger partial charge in [0.15, 0.2) is 0 Å². The first-order valence-electron chi connectivity index (χ1n) is 13.9. The average Bonchev–Trinajstić information content (AvgIpc) is 3.10. The molecular weight excluding hydrogens is 441 g/mol. The Morgan fingerprint density at radius 1 is 1.21 bits per heavy atom. The number of piperidine rings is 1. The molecule has 3 aliphatic heterocycles. The minimum absolute atomic E-state index is 0.0196. The maximum atomic E-state index is 15.3. The summed E-state index contributed by atoms with van der Waals surface area (Å²) in [4.78, 5) is 39.4. The highest BCUT2D eigenvalue weighted by molar-refractivity contribution is 6.05. The van der Waals surface area contributed by atoms with Gasteiger partial charge in [-0.2, -0.15) is 0 Å². The lowest BCUT2D eigenvalue weighted by Crippen LogP contribution is -2.52. The Balaban J connectivity index is 1.44. The van der Waals surface area contributed by atoms with Crippen LogP contribution in [0.3, 0.4) is 0 Å². The van der Waals surface area contributed by atoms with Crippen LogP contribution in [0.1, 0.15) is 48.1 Å². The van der Waals surface area contributed by atoms with Crippen LogP contribution in [-0.2, 0) is 33.9 Å². The van der Waals surface area contributed by atoms with Crippen LogP contribution >= 0.6 is 0 Å². The van der Waals surface area contributed by atoms with E-state index in [4.69, 9.17) is 17.7 Å². The van der Waals surface area contributed by atoms with Crippen molar-refractivity contribution in [1.29, 1.82) is 0 Å². The number of nitrogens with one attached hydrogen (secondary N) is 1.